The molecule has 1 amide bonds. The highest BCUT2D eigenvalue weighted by molar-refractivity contribution is 5.90. The summed E-state index contributed by atoms with van der Waals surface area (Å²) in [6, 6.07) is 14.4. The lowest BCUT2D eigenvalue weighted by molar-refractivity contribution is -0.120. The fourth-order valence-electron chi connectivity index (χ4n) is 3.28. The van der Waals surface area contributed by atoms with E-state index in [1.807, 2.05) is 24.3 Å². The van der Waals surface area contributed by atoms with Gasteiger partial charge in [-0.25, -0.2) is 0 Å². The second kappa shape index (κ2) is 8.27. The van der Waals surface area contributed by atoms with E-state index in [1.165, 1.54) is 10.8 Å². The molecule has 0 radical (unpaired) electrons. The number of benzene rings is 2. The molecule has 0 aromatic heterocycles. The Morgan fingerprint density at radius 2 is 1.79 bits per heavy atom. The first-order valence-corrected chi connectivity index (χ1v) is 8.86. The number of likely N-dealkylation sites (N-methyl/N-ethyl adjacent to an activating group) is 1. The quantitative estimate of drug-likeness (QED) is 0.827. The standard InChI is InChI=1S/C20H27N3O/c1-22-12-14-23(15-13-22)11-5-10-21-20(24)16-18-8-4-7-17-6-2-3-9-19(17)18/h2-4,6-9H,5,10-16H2,1H3,(H,21,24). The first-order chi connectivity index (χ1) is 11.7. The summed E-state index contributed by atoms with van der Waals surface area (Å²) >= 11 is 0. The molecule has 0 unspecified atom stereocenters. The van der Waals surface area contributed by atoms with Crippen LogP contribution in [0.15, 0.2) is 42.5 Å². The fraction of sp³-hybridized carbons (Fsp3) is 0.450. The molecular formula is C20H27N3O. The van der Waals surface area contributed by atoms with Crippen LogP contribution >= 0.6 is 0 Å². The maximum absolute atomic E-state index is 12.2. The third kappa shape index (κ3) is 4.56. The number of amides is 1. The first-order valence-electron chi connectivity index (χ1n) is 8.86. The molecule has 0 bridgehead atoms. The third-order valence-electron chi connectivity index (χ3n) is 4.80. The minimum Gasteiger partial charge on any atom is -0.356 e. The molecule has 1 heterocycles. The molecule has 0 spiro atoms. The zero-order chi connectivity index (χ0) is 16.8. The maximum atomic E-state index is 12.2. The lowest BCUT2D eigenvalue weighted by atomic mass is 10.0. The largest absolute Gasteiger partial charge is 0.356 e. The molecule has 0 atom stereocenters. The Balaban J connectivity index is 1.42. The molecule has 2 aromatic carbocycles. The van der Waals surface area contributed by atoms with Crippen LogP contribution in [0, 0.1) is 0 Å². The van der Waals surface area contributed by atoms with Crippen molar-refractivity contribution in [2.45, 2.75) is 12.8 Å². The van der Waals surface area contributed by atoms with Gasteiger partial charge in [0.2, 0.25) is 5.91 Å². The molecule has 2 aromatic rings. The molecule has 1 fully saturated rings. The molecule has 24 heavy (non-hydrogen) atoms. The average Bonchev–Trinajstić information content (AvgIpc) is 2.61. The highest BCUT2D eigenvalue weighted by Crippen LogP contribution is 2.18. The number of nitrogens with zero attached hydrogens (tertiary/aromatic N) is 2. The molecule has 1 aliphatic heterocycles. The van der Waals surface area contributed by atoms with Crippen LogP contribution in [0.3, 0.4) is 0 Å². The second-order valence-electron chi connectivity index (χ2n) is 6.66. The summed E-state index contributed by atoms with van der Waals surface area (Å²) < 4.78 is 0. The van der Waals surface area contributed by atoms with Gasteiger partial charge in [0.05, 0.1) is 6.42 Å². The lowest BCUT2D eigenvalue weighted by Gasteiger charge is -2.32. The summed E-state index contributed by atoms with van der Waals surface area (Å²) in [5.41, 5.74) is 1.10. The van der Waals surface area contributed by atoms with E-state index >= 15 is 0 Å². The molecule has 3 rings (SSSR count). The number of fused-ring (bicyclic) bond motifs is 1. The van der Waals surface area contributed by atoms with Gasteiger partial charge in [-0.2, -0.15) is 0 Å². The molecule has 0 aliphatic carbocycles. The third-order valence-corrected chi connectivity index (χ3v) is 4.80. The first kappa shape index (κ1) is 16.9. The average molecular weight is 325 g/mol. The van der Waals surface area contributed by atoms with Crippen LogP contribution in [0.5, 0.6) is 0 Å². The van der Waals surface area contributed by atoms with Gasteiger partial charge in [0.1, 0.15) is 0 Å². The second-order valence-corrected chi connectivity index (χ2v) is 6.66. The lowest BCUT2D eigenvalue weighted by Crippen LogP contribution is -2.45. The van der Waals surface area contributed by atoms with Gasteiger partial charge in [0.25, 0.3) is 0 Å². The predicted octanol–water partition coefficient (Wildman–Crippen LogP) is 2.14. The van der Waals surface area contributed by atoms with Gasteiger partial charge in [-0.1, -0.05) is 42.5 Å². The molecule has 1 N–H and O–H groups in total. The van der Waals surface area contributed by atoms with E-state index < -0.39 is 0 Å². The van der Waals surface area contributed by atoms with Gasteiger partial charge in [0, 0.05) is 32.7 Å². The fourth-order valence-corrected chi connectivity index (χ4v) is 3.28. The number of rotatable bonds is 6. The van der Waals surface area contributed by atoms with E-state index in [1.54, 1.807) is 0 Å². The number of carbonyl (C=O) groups is 1. The van der Waals surface area contributed by atoms with E-state index in [4.69, 9.17) is 0 Å². The van der Waals surface area contributed by atoms with Crippen molar-refractivity contribution < 1.29 is 4.79 Å². The van der Waals surface area contributed by atoms with Crippen LogP contribution in [-0.2, 0) is 11.2 Å². The van der Waals surface area contributed by atoms with Crippen molar-refractivity contribution in [3.63, 3.8) is 0 Å². The van der Waals surface area contributed by atoms with Crippen LogP contribution < -0.4 is 5.32 Å². The maximum Gasteiger partial charge on any atom is 0.224 e. The number of carbonyl (C=O) groups excluding carboxylic acids is 1. The highest BCUT2D eigenvalue weighted by Gasteiger charge is 2.13. The van der Waals surface area contributed by atoms with Crippen molar-refractivity contribution in [1.82, 2.24) is 15.1 Å². The van der Waals surface area contributed by atoms with Gasteiger partial charge < -0.3 is 15.1 Å². The van der Waals surface area contributed by atoms with Crippen molar-refractivity contribution in [2.75, 3.05) is 46.3 Å². The Morgan fingerprint density at radius 1 is 1.04 bits per heavy atom. The summed E-state index contributed by atoms with van der Waals surface area (Å²) in [7, 11) is 2.17. The Morgan fingerprint density at radius 3 is 2.62 bits per heavy atom. The van der Waals surface area contributed by atoms with Crippen molar-refractivity contribution in [2.24, 2.45) is 0 Å². The Hall–Kier alpha value is -1.91. The van der Waals surface area contributed by atoms with Crippen LogP contribution in [0.2, 0.25) is 0 Å². The topological polar surface area (TPSA) is 35.6 Å². The summed E-state index contributed by atoms with van der Waals surface area (Å²) in [5, 5.41) is 5.43. The Bertz CT molecular complexity index is 672. The zero-order valence-electron chi connectivity index (χ0n) is 14.5. The van der Waals surface area contributed by atoms with Crippen molar-refractivity contribution in [3.05, 3.63) is 48.0 Å². The summed E-state index contributed by atoms with van der Waals surface area (Å²) in [6.45, 7) is 6.40. The normalized spacial score (nSPS) is 16.4. The highest BCUT2D eigenvalue weighted by atomic mass is 16.1. The van der Waals surface area contributed by atoms with Crippen molar-refractivity contribution in [3.8, 4) is 0 Å². The molecule has 128 valence electrons. The van der Waals surface area contributed by atoms with Gasteiger partial charge >= 0.3 is 0 Å². The van der Waals surface area contributed by atoms with E-state index in [-0.39, 0.29) is 5.91 Å². The molecule has 1 aliphatic rings. The molecule has 4 nitrogen and oxygen atoms in total. The smallest absolute Gasteiger partial charge is 0.224 e. The van der Waals surface area contributed by atoms with Crippen LogP contribution in [0.4, 0.5) is 0 Å². The molecule has 0 saturated carbocycles. The molecule has 4 heteroatoms. The zero-order valence-corrected chi connectivity index (χ0v) is 14.5. The van der Waals surface area contributed by atoms with Crippen molar-refractivity contribution >= 4 is 16.7 Å². The van der Waals surface area contributed by atoms with Gasteiger partial charge in [-0.15, -0.1) is 0 Å². The minimum atomic E-state index is 0.115. The molecular weight excluding hydrogens is 298 g/mol. The van der Waals surface area contributed by atoms with Gasteiger partial charge in [0.15, 0.2) is 0 Å². The van der Waals surface area contributed by atoms with E-state index in [0.29, 0.717) is 6.42 Å². The molecule has 1 saturated heterocycles. The summed E-state index contributed by atoms with van der Waals surface area (Å²) in [6.07, 6.45) is 1.47. The monoisotopic (exact) mass is 325 g/mol. The van der Waals surface area contributed by atoms with E-state index in [2.05, 4.69) is 40.4 Å². The Labute approximate surface area is 144 Å². The number of hydrogen-bond acceptors (Lipinski definition) is 3. The predicted molar refractivity (Wildman–Crippen MR) is 99.2 cm³/mol. The number of piperazine rings is 1. The SMILES string of the molecule is CN1CCN(CCCNC(=O)Cc2cccc3ccccc23)CC1. The van der Waals surface area contributed by atoms with E-state index in [0.717, 1.165) is 51.3 Å². The van der Waals surface area contributed by atoms with Crippen molar-refractivity contribution in [1.29, 1.82) is 0 Å². The number of hydrogen-bond donors (Lipinski definition) is 1. The van der Waals surface area contributed by atoms with E-state index in [9.17, 15) is 4.79 Å². The Kier molecular flexibility index (Phi) is 5.83. The van der Waals surface area contributed by atoms with Gasteiger partial charge in [-0.3, -0.25) is 4.79 Å². The van der Waals surface area contributed by atoms with Crippen LogP contribution in [0.1, 0.15) is 12.0 Å². The van der Waals surface area contributed by atoms with Crippen LogP contribution in [0.25, 0.3) is 10.8 Å². The minimum absolute atomic E-state index is 0.115. The number of nitrogens with one attached hydrogen (secondary N) is 1. The van der Waals surface area contributed by atoms with Gasteiger partial charge in [-0.05, 0) is 36.3 Å². The summed E-state index contributed by atoms with van der Waals surface area (Å²) in [4.78, 5) is 17.1. The van der Waals surface area contributed by atoms with Crippen LogP contribution in [-0.4, -0.2) is 62.0 Å². The summed E-state index contributed by atoms with van der Waals surface area (Å²) in [5.74, 6) is 0.115.